The lowest BCUT2D eigenvalue weighted by atomic mass is 10.1. The van der Waals surface area contributed by atoms with Gasteiger partial charge in [-0.2, -0.15) is 5.10 Å². The Bertz CT molecular complexity index is 882. The second-order valence-electron chi connectivity index (χ2n) is 5.83. The van der Waals surface area contributed by atoms with Gasteiger partial charge >= 0.3 is 0 Å². The average Bonchev–Trinajstić information content (AvgIpc) is 3.28. The molecule has 1 aromatic carbocycles. The van der Waals surface area contributed by atoms with E-state index in [1.54, 1.807) is 17.3 Å². The van der Waals surface area contributed by atoms with Crippen molar-refractivity contribution in [1.82, 2.24) is 25.4 Å². The summed E-state index contributed by atoms with van der Waals surface area (Å²) in [4.78, 5) is 29.6. The van der Waals surface area contributed by atoms with E-state index in [0.29, 0.717) is 30.8 Å². The van der Waals surface area contributed by atoms with Crippen molar-refractivity contribution < 1.29 is 9.59 Å². The summed E-state index contributed by atoms with van der Waals surface area (Å²) in [5, 5.41) is 10.3. The van der Waals surface area contributed by atoms with Crippen molar-refractivity contribution >= 4 is 22.7 Å². The molecule has 0 unspecified atom stereocenters. The first kappa shape index (κ1) is 16.8. The summed E-state index contributed by atoms with van der Waals surface area (Å²) in [6, 6.07) is 5.88. The number of nitrogens with one attached hydrogen (secondary N) is 3. The highest BCUT2D eigenvalue weighted by molar-refractivity contribution is 6.07. The molecule has 0 aliphatic rings. The van der Waals surface area contributed by atoms with Gasteiger partial charge in [0.05, 0.1) is 17.3 Å². The maximum atomic E-state index is 12.5. The molecular formula is C18H21N5O2. The van der Waals surface area contributed by atoms with Gasteiger partial charge in [-0.25, -0.2) is 0 Å². The molecule has 3 aromatic rings. The number of hydrogen-bond donors (Lipinski definition) is 3. The van der Waals surface area contributed by atoms with Crippen molar-refractivity contribution in [2.45, 2.75) is 13.8 Å². The number of H-pyrrole nitrogens is 2. The Labute approximate surface area is 145 Å². The summed E-state index contributed by atoms with van der Waals surface area (Å²) in [5.41, 5.74) is 3.13. The predicted octanol–water partition coefficient (Wildman–Crippen LogP) is 2.09. The number of carbonyl (C=O) groups is 2. The molecule has 0 fully saturated rings. The standard InChI is InChI=1S/C18H21N5O2/c1-3-23(18(25)13-9-21-22-10-13)8-7-19-17(24)14-11-20-15-6-4-5-12(2)16(14)15/h4-6,9-11,20H,3,7-8H2,1-2H3,(H,19,24)(H,21,22). The molecule has 3 N–H and O–H groups in total. The minimum Gasteiger partial charge on any atom is -0.360 e. The lowest BCUT2D eigenvalue weighted by Crippen LogP contribution is -2.38. The fraction of sp³-hybridized carbons (Fsp3) is 0.278. The summed E-state index contributed by atoms with van der Waals surface area (Å²) < 4.78 is 0. The highest BCUT2D eigenvalue weighted by Gasteiger charge is 2.16. The van der Waals surface area contributed by atoms with Gasteiger partial charge in [0, 0.05) is 42.9 Å². The molecule has 7 heteroatoms. The van der Waals surface area contributed by atoms with E-state index in [0.717, 1.165) is 16.5 Å². The van der Waals surface area contributed by atoms with Crippen LogP contribution in [0.3, 0.4) is 0 Å². The Morgan fingerprint density at radius 1 is 1.28 bits per heavy atom. The maximum absolute atomic E-state index is 12.5. The van der Waals surface area contributed by atoms with Crippen LogP contribution in [0.4, 0.5) is 0 Å². The summed E-state index contributed by atoms with van der Waals surface area (Å²) in [5.74, 6) is -0.249. The number of benzene rings is 1. The third kappa shape index (κ3) is 3.40. The first-order chi connectivity index (χ1) is 12.1. The predicted molar refractivity (Wildman–Crippen MR) is 95.5 cm³/mol. The van der Waals surface area contributed by atoms with E-state index in [9.17, 15) is 9.59 Å². The van der Waals surface area contributed by atoms with Crippen LogP contribution in [-0.2, 0) is 0 Å². The highest BCUT2D eigenvalue weighted by Crippen LogP contribution is 2.21. The van der Waals surface area contributed by atoms with Crippen molar-refractivity contribution in [3.63, 3.8) is 0 Å². The summed E-state index contributed by atoms with van der Waals surface area (Å²) in [6.45, 7) is 5.27. The zero-order valence-corrected chi connectivity index (χ0v) is 14.3. The number of fused-ring (bicyclic) bond motifs is 1. The van der Waals surface area contributed by atoms with Gasteiger partial charge in [0.15, 0.2) is 0 Å². The number of rotatable bonds is 6. The zero-order chi connectivity index (χ0) is 17.8. The lowest BCUT2D eigenvalue weighted by Gasteiger charge is -2.20. The molecule has 0 saturated carbocycles. The van der Waals surface area contributed by atoms with Crippen LogP contribution in [-0.4, -0.2) is 51.5 Å². The monoisotopic (exact) mass is 339 g/mol. The van der Waals surface area contributed by atoms with Crippen LogP contribution in [0.1, 0.15) is 33.2 Å². The van der Waals surface area contributed by atoms with Crippen LogP contribution < -0.4 is 5.32 Å². The van der Waals surface area contributed by atoms with Gasteiger partial charge in [-0.3, -0.25) is 14.7 Å². The smallest absolute Gasteiger partial charge is 0.257 e. The highest BCUT2D eigenvalue weighted by atomic mass is 16.2. The summed E-state index contributed by atoms with van der Waals surface area (Å²) >= 11 is 0. The molecule has 2 aromatic heterocycles. The summed E-state index contributed by atoms with van der Waals surface area (Å²) in [7, 11) is 0. The second kappa shape index (κ2) is 7.21. The van der Waals surface area contributed by atoms with E-state index in [-0.39, 0.29) is 11.8 Å². The second-order valence-corrected chi connectivity index (χ2v) is 5.83. The fourth-order valence-corrected chi connectivity index (χ4v) is 2.90. The lowest BCUT2D eigenvalue weighted by molar-refractivity contribution is 0.0757. The molecule has 3 rings (SSSR count). The molecule has 0 atom stereocenters. The van der Waals surface area contributed by atoms with E-state index in [1.165, 1.54) is 6.20 Å². The Morgan fingerprint density at radius 3 is 2.84 bits per heavy atom. The molecule has 2 heterocycles. The molecule has 0 saturated heterocycles. The van der Waals surface area contributed by atoms with Gasteiger partial charge in [-0.05, 0) is 25.5 Å². The molecular weight excluding hydrogens is 318 g/mol. The van der Waals surface area contributed by atoms with Crippen molar-refractivity contribution in [2.75, 3.05) is 19.6 Å². The van der Waals surface area contributed by atoms with E-state index >= 15 is 0 Å². The topological polar surface area (TPSA) is 93.9 Å². The van der Waals surface area contributed by atoms with Gasteiger partial charge in [0.25, 0.3) is 11.8 Å². The number of aromatic nitrogens is 3. The van der Waals surface area contributed by atoms with Crippen LogP contribution in [0.2, 0.25) is 0 Å². The molecule has 7 nitrogen and oxygen atoms in total. The Hall–Kier alpha value is -3.09. The number of hydrogen-bond acceptors (Lipinski definition) is 3. The Kier molecular flexibility index (Phi) is 4.83. The molecule has 0 aliphatic heterocycles. The van der Waals surface area contributed by atoms with Gasteiger partial charge in [-0.1, -0.05) is 12.1 Å². The average molecular weight is 339 g/mol. The minimum absolute atomic E-state index is 0.103. The molecule has 0 aliphatic carbocycles. The molecule has 0 radical (unpaired) electrons. The minimum atomic E-state index is -0.146. The number of carbonyl (C=O) groups excluding carboxylic acids is 2. The SMILES string of the molecule is CCN(CCNC(=O)c1c[nH]c2cccc(C)c12)C(=O)c1cn[nH]c1. The van der Waals surface area contributed by atoms with Gasteiger partial charge in [-0.15, -0.1) is 0 Å². The quantitative estimate of drug-likeness (QED) is 0.642. The molecule has 0 spiro atoms. The number of nitrogens with zero attached hydrogens (tertiary/aromatic N) is 2. The molecule has 130 valence electrons. The van der Waals surface area contributed by atoms with Crippen LogP contribution >= 0.6 is 0 Å². The fourth-order valence-electron chi connectivity index (χ4n) is 2.90. The number of aryl methyl sites for hydroxylation is 1. The van der Waals surface area contributed by atoms with Crippen molar-refractivity contribution in [1.29, 1.82) is 0 Å². The van der Waals surface area contributed by atoms with Crippen LogP contribution in [0, 0.1) is 6.92 Å². The summed E-state index contributed by atoms with van der Waals surface area (Å²) in [6.07, 6.45) is 4.79. The number of amides is 2. The zero-order valence-electron chi connectivity index (χ0n) is 14.3. The van der Waals surface area contributed by atoms with Gasteiger partial charge in [0.2, 0.25) is 0 Å². The van der Waals surface area contributed by atoms with E-state index in [1.807, 2.05) is 32.0 Å². The van der Waals surface area contributed by atoms with E-state index in [2.05, 4.69) is 20.5 Å². The largest absolute Gasteiger partial charge is 0.360 e. The van der Waals surface area contributed by atoms with E-state index < -0.39 is 0 Å². The van der Waals surface area contributed by atoms with Crippen molar-refractivity contribution in [2.24, 2.45) is 0 Å². The normalized spacial score (nSPS) is 10.8. The Morgan fingerprint density at radius 2 is 2.12 bits per heavy atom. The Balaban J connectivity index is 1.63. The van der Waals surface area contributed by atoms with E-state index in [4.69, 9.17) is 0 Å². The van der Waals surface area contributed by atoms with Crippen LogP contribution in [0.25, 0.3) is 10.9 Å². The first-order valence-corrected chi connectivity index (χ1v) is 8.24. The van der Waals surface area contributed by atoms with Crippen LogP contribution in [0.15, 0.2) is 36.8 Å². The number of likely N-dealkylation sites (N-methyl/N-ethyl adjacent to an activating group) is 1. The van der Waals surface area contributed by atoms with Gasteiger partial charge in [0.1, 0.15) is 0 Å². The molecule has 2 amide bonds. The maximum Gasteiger partial charge on any atom is 0.257 e. The third-order valence-corrected chi connectivity index (χ3v) is 4.24. The number of aromatic amines is 2. The van der Waals surface area contributed by atoms with Crippen molar-refractivity contribution in [3.05, 3.63) is 53.5 Å². The van der Waals surface area contributed by atoms with Crippen LogP contribution in [0.5, 0.6) is 0 Å². The van der Waals surface area contributed by atoms with Crippen molar-refractivity contribution in [3.8, 4) is 0 Å². The third-order valence-electron chi connectivity index (χ3n) is 4.24. The van der Waals surface area contributed by atoms with Gasteiger partial charge < -0.3 is 15.2 Å². The first-order valence-electron chi connectivity index (χ1n) is 8.24. The molecule has 25 heavy (non-hydrogen) atoms. The molecule has 0 bridgehead atoms.